The van der Waals surface area contributed by atoms with Crippen molar-refractivity contribution in [3.8, 4) is 0 Å². The molecule has 0 radical (unpaired) electrons. The van der Waals surface area contributed by atoms with Gasteiger partial charge in [-0.1, -0.05) is 18.2 Å². The van der Waals surface area contributed by atoms with E-state index in [-0.39, 0.29) is 0 Å². The SMILES string of the molecule is O=CNC1=COC=C(C2=CC=CCC2)O1. The van der Waals surface area contributed by atoms with Crippen molar-refractivity contribution in [1.29, 1.82) is 0 Å². The van der Waals surface area contributed by atoms with Gasteiger partial charge in [-0.3, -0.25) is 10.1 Å². The van der Waals surface area contributed by atoms with Gasteiger partial charge in [-0.15, -0.1) is 0 Å². The normalized spacial score (nSPS) is 19.1. The highest BCUT2D eigenvalue weighted by molar-refractivity contribution is 5.49. The summed E-state index contributed by atoms with van der Waals surface area (Å²) in [5.74, 6) is 0.948. The molecule has 1 aliphatic heterocycles. The molecule has 1 aliphatic carbocycles. The van der Waals surface area contributed by atoms with Gasteiger partial charge in [-0.25, -0.2) is 0 Å². The van der Waals surface area contributed by atoms with Crippen LogP contribution in [-0.4, -0.2) is 6.41 Å². The third-order valence-electron chi connectivity index (χ3n) is 2.10. The lowest BCUT2D eigenvalue weighted by Crippen LogP contribution is -2.16. The molecule has 0 unspecified atom stereocenters. The maximum Gasteiger partial charge on any atom is 0.235 e. The zero-order valence-electron chi connectivity index (χ0n) is 8.10. The molecule has 1 amide bonds. The van der Waals surface area contributed by atoms with Crippen LogP contribution in [0.25, 0.3) is 0 Å². The monoisotopic (exact) mass is 205 g/mol. The largest absolute Gasteiger partial charge is 0.463 e. The van der Waals surface area contributed by atoms with Crippen LogP contribution in [0.15, 0.2) is 48.0 Å². The molecule has 0 spiro atoms. The molecule has 2 rings (SSSR count). The Morgan fingerprint density at radius 3 is 3.07 bits per heavy atom. The second kappa shape index (κ2) is 4.50. The number of hydrogen-bond donors (Lipinski definition) is 1. The minimum Gasteiger partial charge on any atom is -0.463 e. The molecule has 15 heavy (non-hydrogen) atoms. The maximum atomic E-state index is 10.2. The van der Waals surface area contributed by atoms with Crippen molar-refractivity contribution in [3.05, 3.63) is 48.0 Å². The molecule has 78 valence electrons. The summed E-state index contributed by atoms with van der Waals surface area (Å²) in [6.45, 7) is 0. The first kappa shape index (κ1) is 9.58. The maximum absolute atomic E-state index is 10.2. The van der Waals surface area contributed by atoms with Crippen molar-refractivity contribution in [2.45, 2.75) is 12.8 Å². The smallest absolute Gasteiger partial charge is 0.235 e. The van der Waals surface area contributed by atoms with E-state index < -0.39 is 0 Å². The fourth-order valence-electron chi connectivity index (χ4n) is 1.39. The van der Waals surface area contributed by atoms with E-state index in [0.717, 1.165) is 18.4 Å². The van der Waals surface area contributed by atoms with Crippen LogP contribution < -0.4 is 5.32 Å². The van der Waals surface area contributed by atoms with Crippen LogP contribution in [0.4, 0.5) is 0 Å². The van der Waals surface area contributed by atoms with Crippen molar-refractivity contribution < 1.29 is 14.3 Å². The van der Waals surface area contributed by atoms with Crippen LogP contribution in [0, 0.1) is 0 Å². The fourth-order valence-corrected chi connectivity index (χ4v) is 1.39. The van der Waals surface area contributed by atoms with Crippen molar-refractivity contribution >= 4 is 6.41 Å². The highest BCUT2D eigenvalue weighted by atomic mass is 16.6. The molecule has 0 saturated heterocycles. The van der Waals surface area contributed by atoms with Crippen LogP contribution in [0.3, 0.4) is 0 Å². The molecule has 4 nitrogen and oxygen atoms in total. The molecule has 4 heteroatoms. The van der Waals surface area contributed by atoms with Gasteiger partial charge in [0.15, 0.2) is 12.0 Å². The summed E-state index contributed by atoms with van der Waals surface area (Å²) in [5, 5.41) is 2.40. The Hall–Kier alpha value is -1.97. The molecule has 1 N–H and O–H groups in total. The first-order valence-electron chi connectivity index (χ1n) is 4.70. The highest BCUT2D eigenvalue weighted by Gasteiger charge is 2.14. The Labute approximate surface area is 87.6 Å². The predicted molar refractivity (Wildman–Crippen MR) is 54.0 cm³/mol. The number of ether oxygens (including phenoxy) is 2. The summed E-state index contributed by atoms with van der Waals surface area (Å²) >= 11 is 0. The van der Waals surface area contributed by atoms with Gasteiger partial charge in [-0.2, -0.15) is 0 Å². The average molecular weight is 205 g/mol. The van der Waals surface area contributed by atoms with E-state index in [1.165, 1.54) is 12.5 Å². The third-order valence-corrected chi connectivity index (χ3v) is 2.10. The molecule has 0 aromatic carbocycles. The fraction of sp³-hybridized carbons (Fsp3) is 0.182. The zero-order chi connectivity index (χ0) is 10.5. The number of hydrogen-bond acceptors (Lipinski definition) is 3. The molecule has 0 aromatic heterocycles. The minimum absolute atomic E-state index is 0.304. The highest BCUT2D eigenvalue weighted by Crippen LogP contribution is 2.24. The summed E-state index contributed by atoms with van der Waals surface area (Å²) in [4.78, 5) is 10.2. The van der Waals surface area contributed by atoms with Crippen molar-refractivity contribution in [2.75, 3.05) is 0 Å². The van der Waals surface area contributed by atoms with Gasteiger partial charge in [0, 0.05) is 0 Å². The number of amides is 1. The van der Waals surface area contributed by atoms with Crippen molar-refractivity contribution in [3.63, 3.8) is 0 Å². The van der Waals surface area contributed by atoms with Gasteiger partial charge in [-0.05, 0) is 18.4 Å². The molecule has 2 aliphatic rings. The van der Waals surface area contributed by atoms with E-state index in [1.54, 1.807) is 0 Å². The van der Waals surface area contributed by atoms with Crippen LogP contribution in [0.5, 0.6) is 0 Å². The van der Waals surface area contributed by atoms with Crippen LogP contribution in [-0.2, 0) is 14.3 Å². The zero-order valence-corrected chi connectivity index (χ0v) is 8.10. The Bertz CT molecular complexity index is 377. The Morgan fingerprint density at radius 2 is 2.33 bits per heavy atom. The van der Waals surface area contributed by atoms with Crippen LogP contribution in [0.1, 0.15) is 12.8 Å². The number of carbonyl (C=O) groups excluding carboxylic acids is 1. The average Bonchev–Trinajstić information content (AvgIpc) is 2.31. The van der Waals surface area contributed by atoms with E-state index in [0.29, 0.717) is 18.1 Å². The Kier molecular flexibility index (Phi) is 2.88. The molecule has 0 fully saturated rings. The van der Waals surface area contributed by atoms with E-state index in [1.807, 2.05) is 12.2 Å². The lowest BCUT2D eigenvalue weighted by atomic mass is 10.0. The summed E-state index contributed by atoms with van der Waals surface area (Å²) in [5.41, 5.74) is 1.07. The number of nitrogens with one attached hydrogen (secondary N) is 1. The van der Waals surface area contributed by atoms with Gasteiger partial charge in [0.05, 0.1) is 0 Å². The van der Waals surface area contributed by atoms with Crippen LogP contribution >= 0.6 is 0 Å². The van der Waals surface area contributed by atoms with Crippen molar-refractivity contribution in [1.82, 2.24) is 5.32 Å². The number of allylic oxidation sites excluding steroid dienone is 4. The molecular formula is C11H11NO3. The first-order chi connectivity index (χ1) is 7.40. The van der Waals surface area contributed by atoms with Gasteiger partial charge in [0.1, 0.15) is 6.26 Å². The summed E-state index contributed by atoms with van der Waals surface area (Å²) < 4.78 is 10.5. The van der Waals surface area contributed by atoms with E-state index in [9.17, 15) is 4.79 Å². The van der Waals surface area contributed by atoms with Gasteiger partial charge in [0.2, 0.25) is 12.3 Å². The molecule has 0 saturated carbocycles. The van der Waals surface area contributed by atoms with E-state index >= 15 is 0 Å². The molecule has 0 aromatic rings. The predicted octanol–water partition coefficient (Wildman–Crippen LogP) is 1.70. The van der Waals surface area contributed by atoms with Gasteiger partial charge in [0.25, 0.3) is 0 Å². The van der Waals surface area contributed by atoms with Crippen LogP contribution in [0.2, 0.25) is 0 Å². The second-order valence-electron chi connectivity index (χ2n) is 3.12. The third kappa shape index (κ3) is 2.28. The van der Waals surface area contributed by atoms with Gasteiger partial charge < -0.3 is 9.47 Å². The summed E-state index contributed by atoms with van der Waals surface area (Å²) in [7, 11) is 0. The number of carbonyl (C=O) groups is 1. The first-order valence-corrected chi connectivity index (χ1v) is 4.70. The minimum atomic E-state index is 0.304. The molecule has 0 atom stereocenters. The van der Waals surface area contributed by atoms with E-state index in [4.69, 9.17) is 9.47 Å². The molecule has 1 heterocycles. The van der Waals surface area contributed by atoms with Crippen molar-refractivity contribution in [2.24, 2.45) is 0 Å². The molecular weight excluding hydrogens is 194 g/mol. The topological polar surface area (TPSA) is 47.6 Å². The quantitative estimate of drug-likeness (QED) is 0.713. The standard InChI is InChI=1S/C11H11NO3/c13-8-12-11-7-14-6-10(15-11)9-4-2-1-3-5-9/h1-2,4,6-8H,3,5H2,(H,12,13). The summed E-state index contributed by atoms with van der Waals surface area (Å²) in [6, 6.07) is 0. The van der Waals surface area contributed by atoms with E-state index in [2.05, 4.69) is 11.4 Å². The molecule has 0 bridgehead atoms. The number of rotatable bonds is 3. The lowest BCUT2D eigenvalue weighted by Gasteiger charge is -2.18. The summed E-state index contributed by atoms with van der Waals surface area (Å²) in [6.07, 6.45) is 11.4. The Morgan fingerprint density at radius 1 is 1.40 bits per heavy atom. The Balaban J connectivity index is 2.05. The van der Waals surface area contributed by atoms with Gasteiger partial charge >= 0.3 is 0 Å². The second-order valence-corrected chi connectivity index (χ2v) is 3.12. The lowest BCUT2D eigenvalue weighted by molar-refractivity contribution is -0.109.